The molecule has 20 heavy (non-hydrogen) atoms. The van der Waals surface area contributed by atoms with Gasteiger partial charge in [0.25, 0.3) is 5.91 Å². The van der Waals surface area contributed by atoms with Gasteiger partial charge in [0.15, 0.2) is 0 Å². The number of anilines is 1. The summed E-state index contributed by atoms with van der Waals surface area (Å²) in [4.78, 5) is 16.2. The molecule has 4 nitrogen and oxygen atoms in total. The first-order chi connectivity index (χ1) is 9.52. The van der Waals surface area contributed by atoms with Crippen LogP contribution in [0.25, 0.3) is 6.08 Å². The molecule has 1 fully saturated rings. The number of rotatable bonds is 4. The van der Waals surface area contributed by atoms with Gasteiger partial charge in [-0.05, 0) is 23.8 Å². The van der Waals surface area contributed by atoms with Crippen molar-refractivity contribution < 1.29 is 9.90 Å². The third-order valence-electron chi connectivity index (χ3n) is 2.90. The van der Waals surface area contributed by atoms with Crippen LogP contribution in [0, 0.1) is 0 Å². The second-order valence-corrected chi connectivity index (χ2v) is 6.22. The van der Waals surface area contributed by atoms with E-state index in [9.17, 15) is 4.79 Å². The molecule has 1 N–H and O–H groups in total. The number of hydrogen-bond donors (Lipinski definition) is 1. The first kappa shape index (κ1) is 15.0. The van der Waals surface area contributed by atoms with Crippen molar-refractivity contribution in [3.63, 3.8) is 0 Å². The largest absolute Gasteiger partial charge is 0.395 e. The smallest absolute Gasteiger partial charge is 0.266 e. The highest BCUT2D eigenvalue weighted by molar-refractivity contribution is 8.26. The summed E-state index contributed by atoms with van der Waals surface area (Å²) in [6, 6.07) is 7.93. The van der Waals surface area contributed by atoms with E-state index in [2.05, 4.69) is 0 Å². The molecule has 0 atom stereocenters. The van der Waals surface area contributed by atoms with Crippen LogP contribution in [0.2, 0.25) is 0 Å². The molecular formula is C14H16N2O2S2. The predicted octanol–water partition coefficient (Wildman–Crippen LogP) is 1.95. The van der Waals surface area contributed by atoms with Gasteiger partial charge < -0.3 is 10.0 Å². The topological polar surface area (TPSA) is 43.8 Å². The fraction of sp³-hybridized carbons (Fsp3) is 0.286. The number of thiocarbonyl (C=S) groups is 1. The molecule has 1 aliphatic rings. The summed E-state index contributed by atoms with van der Waals surface area (Å²) in [6.07, 6.45) is 1.83. The monoisotopic (exact) mass is 308 g/mol. The lowest BCUT2D eigenvalue weighted by Crippen LogP contribution is -2.30. The van der Waals surface area contributed by atoms with Crippen LogP contribution in [0.4, 0.5) is 5.69 Å². The molecule has 1 saturated heterocycles. The molecule has 6 heteroatoms. The molecule has 0 aromatic heterocycles. The quantitative estimate of drug-likeness (QED) is 0.680. The third-order valence-corrected chi connectivity index (χ3v) is 4.28. The van der Waals surface area contributed by atoms with Crippen molar-refractivity contribution in [1.29, 1.82) is 0 Å². The van der Waals surface area contributed by atoms with E-state index in [0.29, 0.717) is 9.23 Å². The van der Waals surface area contributed by atoms with E-state index in [1.807, 2.05) is 49.3 Å². The fourth-order valence-electron chi connectivity index (χ4n) is 1.81. The zero-order valence-corrected chi connectivity index (χ0v) is 13.0. The number of hydrogen-bond acceptors (Lipinski definition) is 5. The van der Waals surface area contributed by atoms with Crippen LogP contribution in [0.1, 0.15) is 5.56 Å². The summed E-state index contributed by atoms with van der Waals surface area (Å²) in [5.41, 5.74) is 2.06. The average molecular weight is 308 g/mol. The zero-order valence-electron chi connectivity index (χ0n) is 11.4. The SMILES string of the molecule is CN(C)c1ccc(C=C2SC(=S)N(CCO)C2=O)cc1. The van der Waals surface area contributed by atoms with E-state index in [1.54, 1.807) is 0 Å². The number of β-amino-alcohol motifs (C(OH)–C–C–N with tert-alkyl or cyclic N) is 1. The maximum Gasteiger partial charge on any atom is 0.266 e. The molecule has 0 aliphatic carbocycles. The van der Waals surface area contributed by atoms with Crippen LogP contribution in [0.3, 0.4) is 0 Å². The third kappa shape index (κ3) is 3.20. The Morgan fingerprint density at radius 1 is 1.35 bits per heavy atom. The minimum absolute atomic E-state index is 0.0861. The van der Waals surface area contributed by atoms with E-state index in [-0.39, 0.29) is 19.1 Å². The second kappa shape index (κ2) is 6.39. The van der Waals surface area contributed by atoms with Crippen LogP contribution < -0.4 is 4.90 Å². The van der Waals surface area contributed by atoms with Crippen molar-refractivity contribution in [3.05, 3.63) is 34.7 Å². The molecule has 1 amide bonds. The Morgan fingerprint density at radius 2 is 2.00 bits per heavy atom. The van der Waals surface area contributed by atoms with Gasteiger partial charge in [0.2, 0.25) is 0 Å². The zero-order chi connectivity index (χ0) is 14.7. The predicted molar refractivity (Wildman–Crippen MR) is 87.7 cm³/mol. The fourth-order valence-corrected chi connectivity index (χ4v) is 3.12. The summed E-state index contributed by atoms with van der Waals surface area (Å²) in [5, 5.41) is 8.93. The van der Waals surface area contributed by atoms with Crippen LogP contribution in [-0.2, 0) is 4.79 Å². The normalized spacial score (nSPS) is 17.1. The Bertz CT molecular complexity index is 553. The number of nitrogens with zero attached hydrogens (tertiary/aromatic N) is 2. The molecule has 2 rings (SSSR count). The number of carbonyl (C=O) groups is 1. The second-order valence-electron chi connectivity index (χ2n) is 4.54. The first-order valence-electron chi connectivity index (χ1n) is 6.16. The molecule has 0 unspecified atom stereocenters. The van der Waals surface area contributed by atoms with Crippen molar-refractivity contribution in [2.45, 2.75) is 0 Å². The Balaban J connectivity index is 2.19. The standard InChI is InChI=1S/C14H16N2O2S2/c1-15(2)11-5-3-10(4-6-11)9-12-13(18)16(7-8-17)14(19)20-12/h3-6,9,17H,7-8H2,1-2H3. The summed E-state index contributed by atoms with van der Waals surface area (Å²) in [5.74, 6) is -0.134. The summed E-state index contributed by atoms with van der Waals surface area (Å²) in [6.45, 7) is 0.166. The van der Waals surface area contributed by atoms with Gasteiger partial charge in [0.1, 0.15) is 4.32 Å². The van der Waals surface area contributed by atoms with E-state index in [1.165, 1.54) is 16.7 Å². The molecule has 0 bridgehead atoms. The van der Waals surface area contributed by atoms with E-state index < -0.39 is 0 Å². The Hall–Kier alpha value is -1.37. The number of carbonyl (C=O) groups excluding carboxylic acids is 1. The first-order valence-corrected chi connectivity index (χ1v) is 7.39. The molecule has 0 radical (unpaired) electrons. The molecule has 1 heterocycles. The molecule has 0 spiro atoms. The summed E-state index contributed by atoms with van der Waals surface area (Å²) >= 11 is 6.42. The van der Waals surface area contributed by atoms with Crippen LogP contribution in [0.5, 0.6) is 0 Å². The molecule has 0 saturated carbocycles. The maximum atomic E-state index is 12.1. The number of thioether (sulfide) groups is 1. The molecule has 1 aromatic rings. The average Bonchev–Trinajstić information content (AvgIpc) is 2.67. The van der Waals surface area contributed by atoms with Gasteiger partial charge in [0.05, 0.1) is 18.1 Å². The highest BCUT2D eigenvalue weighted by atomic mass is 32.2. The van der Waals surface area contributed by atoms with Gasteiger partial charge in [-0.25, -0.2) is 0 Å². The van der Waals surface area contributed by atoms with Gasteiger partial charge in [-0.2, -0.15) is 0 Å². The summed E-state index contributed by atoms with van der Waals surface area (Å²) < 4.78 is 0.500. The van der Waals surface area contributed by atoms with E-state index in [0.717, 1.165) is 11.3 Å². The van der Waals surface area contributed by atoms with Crippen molar-refractivity contribution in [2.75, 3.05) is 32.1 Å². The van der Waals surface area contributed by atoms with Gasteiger partial charge in [0, 0.05) is 19.8 Å². The van der Waals surface area contributed by atoms with Crippen molar-refractivity contribution in [3.8, 4) is 0 Å². The molecule has 1 aromatic carbocycles. The molecule has 106 valence electrons. The Labute approximate surface area is 128 Å². The summed E-state index contributed by atoms with van der Waals surface area (Å²) in [7, 11) is 3.96. The van der Waals surface area contributed by atoms with Crippen molar-refractivity contribution in [1.82, 2.24) is 4.90 Å². The number of aliphatic hydroxyl groups is 1. The minimum Gasteiger partial charge on any atom is -0.395 e. The highest BCUT2D eigenvalue weighted by Gasteiger charge is 2.31. The lowest BCUT2D eigenvalue weighted by atomic mass is 10.2. The van der Waals surface area contributed by atoms with Gasteiger partial charge in [-0.15, -0.1) is 0 Å². The van der Waals surface area contributed by atoms with Gasteiger partial charge >= 0.3 is 0 Å². The van der Waals surface area contributed by atoms with Crippen molar-refractivity contribution >= 4 is 46.0 Å². The number of benzene rings is 1. The minimum atomic E-state index is -0.134. The van der Waals surface area contributed by atoms with E-state index >= 15 is 0 Å². The lowest BCUT2D eigenvalue weighted by Gasteiger charge is -2.12. The van der Waals surface area contributed by atoms with Gasteiger partial charge in [-0.3, -0.25) is 9.69 Å². The Morgan fingerprint density at radius 3 is 2.55 bits per heavy atom. The highest BCUT2D eigenvalue weighted by Crippen LogP contribution is 2.32. The van der Waals surface area contributed by atoms with Crippen LogP contribution in [-0.4, -0.2) is 47.5 Å². The molecular weight excluding hydrogens is 292 g/mol. The molecule has 1 aliphatic heterocycles. The van der Waals surface area contributed by atoms with E-state index in [4.69, 9.17) is 17.3 Å². The Kier molecular flexibility index (Phi) is 4.80. The van der Waals surface area contributed by atoms with Crippen LogP contribution >= 0.6 is 24.0 Å². The maximum absolute atomic E-state index is 12.1. The van der Waals surface area contributed by atoms with Gasteiger partial charge in [-0.1, -0.05) is 36.1 Å². The lowest BCUT2D eigenvalue weighted by molar-refractivity contribution is -0.122. The number of aliphatic hydroxyl groups excluding tert-OH is 1. The number of amides is 1. The van der Waals surface area contributed by atoms with Crippen molar-refractivity contribution in [2.24, 2.45) is 0 Å². The van der Waals surface area contributed by atoms with Crippen LogP contribution in [0.15, 0.2) is 29.2 Å².